The van der Waals surface area contributed by atoms with Crippen molar-refractivity contribution in [1.29, 1.82) is 0 Å². The van der Waals surface area contributed by atoms with Crippen molar-refractivity contribution in [3.8, 4) is 0 Å². The summed E-state index contributed by atoms with van der Waals surface area (Å²) in [5.41, 5.74) is -1.30. The quantitative estimate of drug-likeness (QED) is 0.535. The summed E-state index contributed by atoms with van der Waals surface area (Å²) in [7, 11) is 1.27. The van der Waals surface area contributed by atoms with Gasteiger partial charge in [0.15, 0.2) is 5.60 Å². The lowest BCUT2D eigenvalue weighted by atomic mass is 9.95. The summed E-state index contributed by atoms with van der Waals surface area (Å²) in [6, 6.07) is 0. The first kappa shape index (κ1) is 8.49. The van der Waals surface area contributed by atoms with Gasteiger partial charge in [0.25, 0.3) is 0 Å². The van der Waals surface area contributed by atoms with E-state index in [0.29, 0.717) is 26.1 Å². The standard InChI is InChI=1S/C7H12O4/c1-10-6(8)7(9)2-4-11-5-3-7/h9H,2-5H2,1H3. The highest BCUT2D eigenvalue weighted by Crippen LogP contribution is 2.21. The van der Waals surface area contributed by atoms with E-state index < -0.39 is 11.6 Å². The monoisotopic (exact) mass is 160 g/mol. The van der Waals surface area contributed by atoms with Gasteiger partial charge in [0.05, 0.1) is 7.11 Å². The van der Waals surface area contributed by atoms with Crippen molar-refractivity contribution < 1.29 is 19.4 Å². The summed E-state index contributed by atoms with van der Waals surface area (Å²) < 4.78 is 9.44. The summed E-state index contributed by atoms with van der Waals surface area (Å²) in [6.45, 7) is 0.844. The number of carbonyl (C=O) groups is 1. The molecule has 1 aliphatic heterocycles. The van der Waals surface area contributed by atoms with Gasteiger partial charge in [-0.3, -0.25) is 0 Å². The number of methoxy groups -OCH3 is 1. The molecule has 0 aliphatic carbocycles. The van der Waals surface area contributed by atoms with Gasteiger partial charge < -0.3 is 14.6 Å². The Kier molecular flexibility index (Phi) is 2.46. The van der Waals surface area contributed by atoms with E-state index in [2.05, 4.69) is 4.74 Å². The third-order valence-electron chi connectivity index (χ3n) is 1.89. The maximum atomic E-state index is 11.0. The number of hydrogen-bond acceptors (Lipinski definition) is 4. The van der Waals surface area contributed by atoms with E-state index in [1.165, 1.54) is 7.11 Å². The Hall–Kier alpha value is -0.610. The molecule has 0 saturated carbocycles. The number of ether oxygens (including phenoxy) is 2. The Morgan fingerprint density at radius 3 is 2.55 bits per heavy atom. The Morgan fingerprint density at radius 1 is 1.55 bits per heavy atom. The zero-order valence-corrected chi connectivity index (χ0v) is 6.50. The molecule has 1 rings (SSSR count). The van der Waals surface area contributed by atoms with Crippen LogP contribution in [-0.4, -0.2) is 37.0 Å². The van der Waals surface area contributed by atoms with Gasteiger partial charge in [-0.05, 0) is 0 Å². The Balaban J connectivity index is 2.56. The first-order valence-corrected chi connectivity index (χ1v) is 3.57. The topological polar surface area (TPSA) is 55.8 Å². The van der Waals surface area contributed by atoms with E-state index in [0.717, 1.165) is 0 Å². The van der Waals surface area contributed by atoms with Gasteiger partial charge >= 0.3 is 5.97 Å². The normalized spacial score (nSPS) is 22.7. The lowest BCUT2D eigenvalue weighted by Gasteiger charge is -2.28. The lowest BCUT2D eigenvalue weighted by Crippen LogP contribution is -2.44. The molecule has 0 aromatic carbocycles. The van der Waals surface area contributed by atoms with Gasteiger partial charge in [0, 0.05) is 26.1 Å². The molecule has 1 fully saturated rings. The van der Waals surface area contributed by atoms with Crippen molar-refractivity contribution in [1.82, 2.24) is 0 Å². The third kappa shape index (κ3) is 1.70. The molecule has 0 radical (unpaired) electrons. The van der Waals surface area contributed by atoms with Crippen molar-refractivity contribution in [3.05, 3.63) is 0 Å². The summed E-state index contributed by atoms with van der Waals surface area (Å²) in [4.78, 5) is 11.0. The maximum absolute atomic E-state index is 11.0. The van der Waals surface area contributed by atoms with Crippen LogP contribution >= 0.6 is 0 Å². The van der Waals surface area contributed by atoms with Crippen molar-refractivity contribution >= 4 is 5.97 Å². The first-order valence-electron chi connectivity index (χ1n) is 3.57. The van der Waals surface area contributed by atoms with Gasteiger partial charge in [-0.25, -0.2) is 4.79 Å². The molecule has 64 valence electrons. The molecule has 11 heavy (non-hydrogen) atoms. The molecule has 1 N–H and O–H groups in total. The molecule has 0 aromatic heterocycles. The molecule has 4 heteroatoms. The second-order valence-electron chi connectivity index (χ2n) is 2.64. The highest BCUT2D eigenvalue weighted by Gasteiger charge is 2.38. The van der Waals surface area contributed by atoms with Crippen LogP contribution in [0.4, 0.5) is 0 Å². The van der Waals surface area contributed by atoms with E-state index in [4.69, 9.17) is 4.74 Å². The van der Waals surface area contributed by atoms with Crippen LogP contribution in [0.25, 0.3) is 0 Å². The van der Waals surface area contributed by atoms with Crippen LogP contribution in [0, 0.1) is 0 Å². The zero-order valence-electron chi connectivity index (χ0n) is 6.50. The van der Waals surface area contributed by atoms with E-state index >= 15 is 0 Å². The summed E-state index contributed by atoms with van der Waals surface area (Å²) in [6.07, 6.45) is 0.666. The van der Waals surface area contributed by atoms with E-state index in [9.17, 15) is 9.90 Å². The number of hydrogen-bond donors (Lipinski definition) is 1. The Bertz CT molecular complexity index is 149. The molecule has 0 spiro atoms. The predicted octanol–water partition coefficient (Wildman–Crippen LogP) is -0.299. The van der Waals surface area contributed by atoms with E-state index in [-0.39, 0.29) is 0 Å². The predicted molar refractivity (Wildman–Crippen MR) is 37.0 cm³/mol. The van der Waals surface area contributed by atoms with E-state index in [1.807, 2.05) is 0 Å². The van der Waals surface area contributed by atoms with Crippen LogP contribution < -0.4 is 0 Å². The van der Waals surface area contributed by atoms with Crippen LogP contribution in [0.5, 0.6) is 0 Å². The highest BCUT2D eigenvalue weighted by atomic mass is 16.5. The van der Waals surface area contributed by atoms with Gasteiger partial charge in [0.1, 0.15) is 0 Å². The third-order valence-corrected chi connectivity index (χ3v) is 1.89. The lowest BCUT2D eigenvalue weighted by molar-refractivity contribution is -0.171. The molecule has 0 bridgehead atoms. The number of aliphatic hydroxyl groups is 1. The average Bonchev–Trinajstić information content (AvgIpc) is 2.04. The van der Waals surface area contributed by atoms with Crippen LogP contribution in [0.1, 0.15) is 12.8 Å². The van der Waals surface area contributed by atoms with Crippen molar-refractivity contribution in [2.24, 2.45) is 0 Å². The zero-order chi connectivity index (χ0) is 8.32. The summed E-state index contributed by atoms with van der Waals surface area (Å²) in [5.74, 6) is -0.555. The fourth-order valence-electron chi connectivity index (χ4n) is 1.10. The van der Waals surface area contributed by atoms with Crippen molar-refractivity contribution in [2.45, 2.75) is 18.4 Å². The van der Waals surface area contributed by atoms with Gasteiger partial charge in [0.2, 0.25) is 0 Å². The van der Waals surface area contributed by atoms with Crippen LogP contribution in [0.3, 0.4) is 0 Å². The minimum atomic E-state index is -1.30. The molecule has 0 aromatic rings. The van der Waals surface area contributed by atoms with Gasteiger partial charge in [-0.15, -0.1) is 0 Å². The number of esters is 1. The average molecular weight is 160 g/mol. The number of rotatable bonds is 1. The maximum Gasteiger partial charge on any atom is 0.338 e. The SMILES string of the molecule is COC(=O)C1(O)CCOCC1. The molecule has 0 atom stereocenters. The number of carbonyl (C=O) groups excluding carboxylic acids is 1. The molecule has 1 heterocycles. The second-order valence-corrected chi connectivity index (χ2v) is 2.64. The van der Waals surface area contributed by atoms with Crippen LogP contribution in [0.15, 0.2) is 0 Å². The van der Waals surface area contributed by atoms with Gasteiger partial charge in [-0.2, -0.15) is 0 Å². The molecule has 4 nitrogen and oxygen atoms in total. The molecule has 1 saturated heterocycles. The highest BCUT2D eigenvalue weighted by molar-refractivity contribution is 5.79. The fraction of sp³-hybridized carbons (Fsp3) is 0.857. The van der Waals surface area contributed by atoms with Crippen molar-refractivity contribution in [2.75, 3.05) is 20.3 Å². The smallest absolute Gasteiger partial charge is 0.338 e. The minimum absolute atomic E-state index is 0.333. The minimum Gasteiger partial charge on any atom is -0.467 e. The fourth-order valence-corrected chi connectivity index (χ4v) is 1.10. The first-order chi connectivity index (χ1) is 5.19. The van der Waals surface area contributed by atoms with Crippen LogP contribution in [-0.2, 0) is 14.3 Å². The molecule has 0 unspecified atom stereocenters. The molecule has 0 amide bonds. The van der Waals surface area contributed by atoms with Crippen molar-refractivity contribution in [3.63, 3.8) is 0 Å². The molecular weight excluding hydrogens is 148 g/mol. The molecular formula is C7H12O4. The van der Waals surface area contributed by atoms with Crippen LogP contribution in [0.2, 0.25) is 0 Å². The van der Waals surface area contributed by atoms with E-state index in [1.54, 1.807) is 0 Å². The Labute approximate surface area is 65.1 Å². The molecule has 1 aliphatic rings. The second kappa shape index (κ2) is 3.19. The van der Waals surface area contributed by atoms with Gasteiger partial charge in [-0.1, -0.05) is 0 Å². The largest absolute Gasteiger partial charge is 0.467 e. The summed E-state index contributed by atoms with van der Waals surface area (Å²) >= 11 is 0. The summed E-state index contributed by atoms with van der Waals surface area (Å²) in [5, 5.41) is 9.59. The Morgan fingerprint density at radius 2 is 2.09 bits per heavy atom.